The smallest absolute Gasteiger partial charge is 0.238 e. The van der Waals surface area contributed by atoms with Crippen LogP contribution < -0.4 is 5.32 Å². The SMILES string of the molecule is O=C(CN1CCN(Cc2csc3ccccc23)CC1)Nc1ccccc1F. The van der Waals surface area contributed by atoms with Gasteiger partial charge in [0, 0.05) is 37.4 Å². The van der Waals surface area contributed by atoms with Crippen molar-refractivity contribution in [3.8, 4) is 0 Å². The lowest BCUT2D eigenvalue weighted by atomic mass is 10.1. The van der Waals surface area contributed by atoms with Gasteiger partial charge in [-0.15, -0.1) is 11.3 Å². The van der Waals surface area contributed by atoms with E-state index in [-0.39, 0.29) is 11.6 Å². The third-order valence-corrected chi connectivity index (χ3v) is 5.95. The van der Waals surface area contributed by atoms with E-state index in [0.29, 0.717) is 6.54 Å². The van der Waals surface area contributed by atoms with Gasteiger partial charge in [-0.25, -0.2) is 4.39 Å². The molecule has 0 aliphatic carbocycles. The molecule has 3 aromatic rings. The summed E-state index contributed by atoms with van der Waals surface area (Å²) in [7, 11) is 0. The summed E-state index contributed by atoms with van der Waals surface area (Å²) in [4.78, 5) is 16.7. The van der Waals surface area contributed by atoms with Crippen molar-refractivity contribution in [3.05, 3.63) is 65.3 Å². The van der Waals surface area contributed by atoms with E-state index in [1.54, 1.807) is 29.5 Å². The zero-order chi connectivity index (χ0) is 18.6. The molecule has 1 aromatic heterocycles. The van der Waals surface area contributed by atoms with Crippen LogP contribution >= 0.6 is 11.3 Å². The Balaban J connectivity index is 1.27. The first-order valence-corrected chi connectivity index (χ1v) is 10.0. The molecule has 0 saturated carbocycles. The lowest BCUT2D eigenvalue weighted by Crippen LogP contribution is -2.48. The van der Waals surface area contributed by atoms with Gasteiger partial charge in [-0.3, -0.25) is 14.6 Å². The minimum Gasteiger partial charge on any atom is -0.322 e. The van der Waals surface area contributed by atoms with Crippen LogP contribution in [0, 0.1) is 5.82 Å². The van der Waals surface area contributed by atoms with Crippen molar-refractivity contribution in [1.82, 2.24) is 9.80 Å². The van der Waals surface area contributed by atoms with Gasteiger partial charge in [-0.05, 0) is 34.5 Å². The maximum atomic E-state index is 13.6. The molecular weight excluding hydrogens is 361 g/mol. The molecule has 1 amide bonds. The highest BCUT2D eigenvalue weighted by molar-refractivity contribution is 7.17. The van der Waals surface area contributed by atoms with Crippen LogP contribution in [0.25, 0.3) is 10.1 Å². The minimum atomic E-state index is -0.404. The van der Waals surface area contributed by atoms with Crippen LogP contribution in [0.2, 0.25) is 0 Å². The Labute approximate surface area is 162 Å². The molecule has 4 rings (SSSR count). The molecule has 2 heterocycles. The third-order valence-electron chi connectivity index (χ3n) is 4.94. The second kappa shape index (κ2) is 8.17. The number of nitrogens with zero attached hydrogens (tertiary/aromatic N) is 2. The first kappa shape index (κ1) is 18.1. The molecule has 0 spiro atoms. The molecule has 140 valence electrons. The zero-order valence-electron chi connectivity index (χ0n) is 15.0. The number of amides is 1. The second-order valence-electron chi connectivity index (χ2n) is 6.84. The van der Waals surface area contributed by atoms with Crippen LogP contribution in [0.4, 0.5) is 10.1 Å². The molecule has 1 aliphatic heterocycles. The number of anilines is 1. The van der Waals surface area contributed by atoms with Gasteiger partial charge in [0.15, 0.2) is 0 Å². The van der Waals surface area contributed by atoms with Gasteiger partial charge in [0.05, 0.1) is 12.2 Å². The molecule has 1 saturated heterocycles. The third kappa shape index (κ3) is 4.35. The van der Waals surface area contributed by atoms with Crippen molar-refractivity contribution in [3.63, 3.8) is 0 Å². The van der Waals surface area contributed by atoms with Gasteiger partial charge < -0.3 is 5.32 Å². The van der Waals surface area contributed by atoms with E-state index in [1.165, 1.54) is 21.7 Å². The molecule has 0 radical (unpaired) electrons. The summed E-state index contributed by atoms with van der Waals surface area (Å²) < 4.78 is 15.0. The number of benzene rings is 2. The summed E-state index contributed by atoms with van der Waals surface area (Å²) in [6.45, 7) is 4.77. The first-order valence-electron chi connectivity index (χ1n) is 9.13. The standard InChI is InChI=1S/C21H22FN3OS/c22-18-6-2-3-7-19(18)23-21(26)14-25-11-9-24(10-12-25)13-16-15-27-20-8-4-1-5-17(16)20/h1-8,15H,9-14H2,(H,23,26). The van der Waals surface area contributed by atoms with Crippen LogP contribution in [-0.2, 0) is 11.3 Å². The number of carbonyl (C=O) groups excluding carboxylic acids is 1. The summed E-state index contributed by atoms with van der Waals surface area (Å²) in [5.41, 5.74) is 1.62. The molecule has 0 bridgehead atoms. The van der Waals surface area contributed by atoms with Crippen molar-refractivity contribution >= 4 is 33.0 Å². The zero-order valence-corrected chi connectivity index (χ0v) is 15.8. The molecule has 0 atom stereocenters. The summed E-state index contributed by atoms with van der Waals surface area (Å²) in [5.74, 6) is -0.573. The lowest BCUT2D eigenvalue weighted by Gasteiger charge is -2.34. The normalized spacial score (nSPS) is 15.9. The number of hydrogen-bond donors (Lipinski definition) is 1. The second-order valence-corrected chi connectivity index (χ2v) is 7.75. The number of fused-ring (bicyclic) bond motifs is 1. The number of halogens is 1. The molecule has 2 aromatic carbocycles. The fourth-order valence-corrected chi connectivity index (χ4v) is 4.41. The number of rotatable bonds is 5. The topological polar surface area (TPSA) is 35.6 Å². The molecule has 1 aliphatic rings. The van der Waals surface area contributed by atoms with Gasteiger partial charge in [0.2, 0.25) is 5.91 Å². The Morgan fingerprint density at radius 1 is 1.00 bits per heavy atom. The number of hydrogen-bond acceptors (Lipinski definition) is 4. The molecule has 1 N–H and O–H groups in total. The average Bonchev–Trinajstić information content (AvgIpc) is 3.08. The van der Waals surface area contributed by atoms with Gasteiger partial charge >= 0.3 is 0 Å². The Hall–Kier alpha value is -2.28. The first-order chi connectivity index (χ1) is 13.2. The minimum absolute atomic E-state index is 0.169. The van der Waals surface area contributed by atoms with E-state index in [1.807, 2.05) is 0 Å². The molecule has 1 fully saturated rings. The summed E-state index contributed by atoms with van der Waals surface area (Å²) >= 11 is 1.79. The quantitative estimate of drug-likeness (QED) is 0.728. The van der Waals surface area contributed by atoms with E-state index in [4.69, 9.17) is 0 Å². The number of carbonyl (C=O) groups is 1. The van der Waals surface area contributed by atoms with E-state index < -0.39 is 5.82 Å². The van der Waals surface area contributed by atoms with E-state index >= 15 is 0 Å². The number of piperazine rings is 1. The predicted octanol–water partition coefficient (Wildman–Crippen LogP) is 3.80. The Bertz CT molecular complexity index is 934. The molecule has 0 unspecified atom stereocenters. The summed E-state index contributed by atoms with van der Waals surface area (Å²) in [5, 5.41) is 6.25. The monoisotopic (exact) mass is 383 g/mol. The van der Waals surface area contributed by atoms with Gasteiger partial charge in [0.25, 0.3) is 0 Å². The highest BCUT2D eigenvalue weighted by atomic mass is 32.1. The van der Waals surface area contributed by atoms with Gasteiger partial charge in [-0.1, -0.05) is 30.3 Å². The Morgan fingerprint density at radius 2 is 1.70 bits per heavy atom. The fourth-order valence-electron chi connectivity index (χ4n) is 3.46. The van der Waals surface area contributed by atoms with Crippen LogP contribution in [0.15, 0.2) is 53.9 Å². The maximum absolute atomic E-state index is 13.6. The highest BCUT2D eigenvalue weighted by Gasteiger charge is 2.20. The van der Waals surface area contributed by atoms with Crippen molar-refractivity contribution in [1.29, 1.82) is 0 Å². The number of nitrogens with one attached hydrogen (secondary N) is 1. The molecular formula is C21H22FN3OS. The van der Waals surface area contributed by atoms with E-state index in [9.17, 15) is 9.18 Å². The van der Waals surface area contributed by atoms with Crippen molar-refractivity contribution in [2.24, 2.45) is 0 Å². The maximum Gasteiger partial charge on any atom is 0.238 e. The lowest BCUT2D eigenvalue weighted by molar-refractivity contribution is -0.117. The van der Waals surface area contributed by atoms with Crippen molar-refractivity contribution in [2.45, 2.75) is 6.54 Å². The Morgan fingerprint density at radius 3 is 2.52 bits per heavy atom. The fraction of sp³-hybridized carbons (Fsp3) is 0.286. The Kier molecular flexibility index (Phi) is 5.48. The van der Waals surface area contributed by atoms with Gasteiger partial charge in [0.1, 0.15) is 5.82 Å². The van der Waals surface area contributed by atoms with Crippen LogP contribution in [-0.4, -0.2) is 48.4 Å². The van der Waals surface area contributed by atoms with Crippen LogP contribution in [0.1, 0.15) is 5.56 Å². The number of thiophene rings is 1. The van der Waals surface area contributed by atoms with Crippen molar-refractivity contribution in [2.75, 3.05) is 38.0 Å². The summed E-state index contributed by atoms with van der Waals surface area (Å²) in [6.07, 6.45) is 0. The largest absolute Gasteiger partial charge is 0.322 e. The van der Waals surface area contributed by atoms with Gasteiger partial charge in [-0.2, -0.15) is 0 Å². The molecule has 27 heavy (non-hydrogen) atoms. The number of para-hydroxylation sites is 1. The average molecular weight is 383 g/mol. The highest BCUT2D eigenvalue weighted by Crippen LogP contribution is 2.26. The van der Waals surface area contributed by atoms with E-state index in [2.05, 4.69) is 44.8 Å². The molecule has 6 heteroatoms. The van der Waals surface area contributed by atoms with E-state index in [0.717, 1.165) is 32.7 Å². The van der Waals surface area contributed by atoms with Crippen LogP contribution in [0.3, 0.4) is 0 Å². The molecule has 4 nitrogen and oxygen atoms in total. The van der Waals surface area contributed by atoms with Crippen LogP contribution in [0.5, 0.6) is 0 Å². The predicted molar refractivity (Wildman–Crippen MR) is 109 cm³/mol. The van der Waals surface area contributed by atoms with Crippen molar-refractivity contribution < 1.29 is 9.18 Å². The summed E-state index contributed by atoms with van der Waals surface area (Å²) in [6, 6.07) is 14.8.